The molecule has 0 saturated carbocycles. The lowest BCUT2D eigenvalue weighted by Gasteiger charge is -2.39. The number of carbonyl (C=O) groups excluding carboxylic acids is 3. The molecular formula is C28H28N4O4. The standard InChI is InChI=1S/C28H28N4O4/c1-30(2)21-9-4-19(5-10-21)27(34)31-14-15-32-25(17-31)26(33)29-24-13-8-20(16-23(24)28(32)35)18-6-11-22(36-3)12-7-18/h4-13,16,25H,14-15,17H2,1-3H3,(H,29,33)/t25-/m1/s1. The predicted molar refractivity (Wildman–Crippen MR) is 139 cm³/mol. The molecule has 2 aliphatic heterocycles. The molecule has 3 amide bonds. The summed E-state index contributed by atoms with van der Waals surface area (Å²) in [5, 5.41) is 2.90. The zero-order valence-corrected chi connectivity index (χ0v) is 20.5. The van der Waals surface area contributed by atoms with E-state index < -0.39 is 6.04 Å². The lowest BCUT2D eigenvalue weighted by atomic mass is 10.0. The lowest BCUT2D eigenvalue weighted by Crippen LogP contribution is -2.59. The third-order valence-electron chi connectivity index (χ3n) is 6.79. The van der Waals surface area contributed by atoms with E-state index in [1.54, 1.807) is 35.1 Å². The summed E-state index contributed by atoms with van der Waals surface area (Å²) < 4.78 is 5.23. The molecule has 0 aliphatic carbocycles. The van der Waals surface area contributed by atoms with Gasteiger partial charge < -0.3 is 24.8 Å². The smallest absolute Gasteiger partial charge is 0.256 e. The number of hydrogen-bond acceptors (Lipinski definition) is 5. The lowest BCUT2D eigenvalue weighted by molar-refractivity contribution is -0.121. The summed E-state index contributed by atoms with van der Waals surface area (Å²) in [5.41, 5.74) is 4.28. The molecule has 36 heavy (non-hydrogen) atoms. The van der Waals surface area contributed by atoms with Crippen molar-refractivity contribution in [2.75, 3.05) is 51.1 Å². The average molecular weight is 485 g/mol. The Morgan fingerprint density at radius 1 is 0.944 bits per heavy atom. The van der Waals surface area contributed by atoms with E-state index in [0.717, 1.165) is 22.6 Å². The molecule has 2 aliphatic rings. The fraction of sp³-hybridized carbons (Fsp3) is 0.250. The van der Waals surface area contributed by atoms with Gasteiger partial charge in [-0.3, -0.25) is 14.4 Å². The fourth-order valence-electron chi connectivity index (χ4n) is 4.68. The highest BCUT2D eigenvalue weighted by atomic mass is 16.5. The van der Waals surface area contributed by atoms with Gasteiger partial charge in [-0.15, -0.1) is 0 Å². The zero-order valence-electron chi connectivity index (χ0n) is 20.5. The zero-order chi connectivity index (χ0) is 25.4. The number of anilines is 2. The Morgan fingerprint density at radius 3 is 2.31 bits per heavy atom. The fourth-order valence-corrected chi connectivity index (χ4v) is 4.68. The van der Waals surface area contributed by atoms with Crippen molar-refractivity contribution >= 4 is 29.1 Å². The number of carbonyl (C=O) groups is 3. The predicted octanol–water partition coefficient (Wildman–Crippen LogP) is 3.35. The van der Waals surface area contributed by atoms with Gasteiger partial charge >= 0.3 is 0 Å². The van der Waals surface area contributed by atoms with Crippen LogP contribution >= 0.6 is 0 Å². The van der Waals surface area contributed by atoms with Crippen molar-refractivity contribution in [3.05, 3.63) is 77.9 Å². The van der Waals surface area contributed by atoms with E-state index in [4.69, 9.17) is 4.74 Å². The van der Waals surface area contributed by atoms with E-state index in [1.807, 2.05) is 67.5 Å². The van der Waals surface area contributed by atoms with Gasteiger partial charge in [-0.2, -0.15) is 0 Å². The molecule has 1 atom stereocenters. The Kier molecular flexibility index (Phi) is 6.10. The van der Waals surface area contributed by atoms with Gasteiger partial charge in [-0.05, 0) is 59.7 Å². The van der Waals surface area contributed by atoms with E-state index in [9.17, 15) is 14.4 Å². The number of amides is 3. The molecular weight excluding hydrogens is 456 g/mol. The van der Waals surface area contributed by atoms with Crippen LogP contribution in [0.5, 0.6) is 5.75 Å². The Balaban J connectivity index is 1.37. The van der Waals surface area contributed by atoms with E-state index >= 15 is 0 Å². The number of benzene rings is 3. The first-order valence-electron chi connectivity index (χ1n) is 11.8. The van der Waals surface area contributed by atoms with Crippen molar-refractivity contribution in [2.24, 2.45) is 0 Å². The average Bonchev–Trinajstić information content (AvgIpc) is 3.01. The molecule has 0 radical (unpaired) electrons. The Hall–Kier alpha value is -4.33. The molecule has 184 valence electrons. The van der Waals surface area contributed by atoms with Crippen LogP contribution < -0.4 is 15.0 Å². The van der Waals surface area contributed by atoms with Gasteiger partial charge in [-0.25, -0.2) is 0 Å². The molecule has 5 rings (SSSR count). The van der Waals surface area contributed by atoms with E-state index in [1.165, 1.54) is 0 Å². The highest BCUT2D eigenvalue weighted by Gasteiger charge is 2.40. The first-order chi connectivity index (χ1) is 17.4. The van der Waals surface area contributed by atoms with Crippen LogP contribution in [0.1, 0.15) is 20.7 Å². The minimum absolute atomic E-state index is 0.144. The van der Waals surface area contributed by atoms with E-state index in [0.29, 0.717) is 23.4 Å². The largest absolute Gasteiger partial charge is 0.497 e. The summed E-state index contributed by atoms with van der Waals surface area (Å²) in [6, 6.07) is 19.7. The molecule has 8 heteroatoms. The Labute approximate surface area is 210 Å². The monoisotopic (exact) mass is 484 g/mol. The van der Waals surface area contributed by atoms with Crippen LogP contribution in [-0.4, -0.2) is 74.4 Å². The number of fused-ring (bicyclic) bond motifs is 2. The number of hydrogen-bond donors (Lipinski definition) is 1. The number of ether oxygens (including phenoxy) is 1. The molecule has 1 N–H and O–H groups in total. The third-order valence-corrected chi connectivity index (χ3v) is 6.79. The highest BCUT2D eigenvalue weighted by Crippen LogP contribution is 2.31. The maximum atomic E-state index is 13.6. The van der Waals surface area contributed by atoms with Crippen molar-refractivity contribution in [1.82, 2.24) is 9.80 Å². The summed E-state index contributed by atoms with van der Waals surface area (Å²) in [5.74, 6) is 0.0930. The van der Waals surface area contributed by atoms with Gasteiger partial charge in [0.1, 0.15) is 11.8 Å². The molecule has 0 spiro atoms. The van der Waals surface area contributed by atoms with Crippen LogP contribution in [0.4, 0.5) is 11.4 Å². The Bertz CT molecular complexity index is 1320. The number of rotatable bonds is 4. The molecule has 3 aromatic carbocycles. The topological polar surface area (TPSA) is 82.2 Å². The van der Waals surface area contributed by atoms with Crippen LogP contribution in [0.3, 0.4) is 0 Å². The van der Waals surface area contributed by atoms with Crippen molar-refractivity contribution in [1.29, 1.82) is 0 Å². The first kappa shape index (κ1) is 23.4. The van der Waals surface area contributed by atoms with Gasteiger partial charge in [0.15, 0.2) is 0 Å². The minimum Gasteiger partial charge on any atom is -0.497 e. The maximum Gasteiger partial charge on any atom is 0.256 e. The number of methoxy groups -OCH3 is 1. The van der Waals surface area contributed by atoms with Gasteiger partial charge in [-0.1, -0.05) is 18.2 Å². The highest BCUT2D eigenvalue weighted by molar-refractivity contribution is 6.11. The summed E-state index contributed by atoms with van der Waals surface area (Å²) in [6.07, 6.45) is 0. The van der Waals surface area contributed by atoms with Crippen LogP contribution in [0, 0.1) is 0 Å². The van der Waals surface area contributed by atoms with Crippen molar-refractivity contribution in [3.63, 3.8) is 0 Å². The molecule has 1 saturated heterocycles. The molecule has 0 aromatic heterocycles. The molecule has 1 fully saturated rings. The number of nitrogens with one attached hydrogen (secondary N) is 1. The molecule has 2 heterocycles. The summed E-state index contributed by atoms with van der Waals surface area (Å²) in [6.45, 7) is 0.785. The first-order valence-corrected chi connectivity index (χ1v) is 11.8. The molecule has 0 bridgehead atoms. The normalized spacial score (nSPS) is 17.0. The van der Waals surface area contributed by atoms with E-state index in [2.05, 4.69) is 5.32 Å². The Morgan fingerprint density at radius 2 is 1.64 bits per heavy atom. The van der Waals surface area contributed by atoms with Gasteiger partial charge in [0, 0.05) is 38.4 Å². The SMILES string of the molecule is COc1ccc(-c2ccc3c(c2)C(=O)N2CCN(C(=O)c4ccc(N(C)C)cc4)C[C@@H]2C(=O)N3)cc1. The summed E-state index contributed by atoms with van der Waals surface area (Å²) in [7, 11) is 5.49. The summed E-state index contributed by atoms with van der Waals surface area (Å²) in [4.78, 5) is 45.1. The van der Waals surface area contributed by atoms with Crippen molar-refractivity contribution in [2.45, 2.75) is 6.04 Å². The van der Waals surface area contributed by atoms with Gasteiger partial charge in [0.2, 0.25) is 5.91 Å². The second kappa shape index (κ2) is 9.37. The minimum atomic E-state index is -0.756. The van der Waals surface area contributed by atoms with Crippen LogP contribution in [-0.2, 0) is 4.79 Å². The van der Waals surface area contributed by atoms with Crippen molar-refractivity contribution < 1.29 is 19.1 Å². The van der Waals surface area contributed by atoms with Crippen molar-refractivity contribution in [3.8, 4) is 16.9 Å². The maximum absolute atomic E-state index is 13.6. The van der Waals surface area contributed by atoms with Crippen LogP contribution in [0.15, 0.2) is 66.7 Å². The molecule has 0 unspecified atom stereocenters. The third kappa shape index (κ3) is 4.26. The van der Waals surface area contributed by atoms with Crippen LogP contribution in [0.25, 0.3) is 11.1 Å². The number of nitrogens with zero attached hydrogens (tertiary/aromatic N) is 3. The van der Waals surface area contributed by atoms with Gasteiger partial charge in [0.05, 0.1) is 24.9 Å². The number of piperazine rings is 1. The second-order valence-corrected chi connectivity index (χ2v) is 9.18. The van der Waals surface area contributed by atoms with Crippen LogP contribution in [0.2, 0.25) is 0 Å². The molecule has 8 nitrogen and oxygen atoms in total. The second-order valence-electron chi connectivity index (χ2n) is 9.18. The van der Waals surface area contributed by atoms with Gasteiger partial charge in [0.25, 0.3) is 11.8 Å². The molecule has 3 aromatic rings. The quantitative estimate of drug-likeness (QED) is 0.614. The summed E-state index contributed by atoms with van der Waals surface area (Å²) >= 11 is 0. The van der Waals surface area contributed by atoms with E-state index in [-0.39, 0.29) is 30.8 Å².